The third-order valence-electron chi connectivity index (χ3n) is 4.10. The molecule has 140 valence electrons. The van der Waals surface area contributed by atoms with Crippen LogP contribution in [0.3, 0.4) is 0 Å². The molecule has 0 fully saturated rings. The Kier molecular flexibility index (Phi) is 4.63. The summed E-state index contributed by atoms with van der Waals surface area (Å²) in [5, 5.41) is 10.9. The first-order valence-corrected chi connectivity index (χ1v) is 10.5. The van der Waals surface area contributed by atoms with Gasteiger partial charge < -0.3 is 5.73 Å². The van der Waals surface area contributed by atoms with Gasteiger partial charge in [0.25, 0.3) is 10.1 Å². The summed E-state index contributed by atoms with van der Waals surface area (Å²) < 4.78 is 33.1. The number of rotatable bonds is 4. The van der Waals surface area contributed by atoms with Crippen LogP contribution in [0, 0.1) is 0 Å². The highest BCUT2D eigenvalue weighted by Gasteiger charge is 2.18. The normalized spacial score (nSPS) is 12.0. The fourth-order valence-corrected chi connectivity index (χ4v) is 4.19. The van der Waals surface area contributed by atoms with Gasteiger partial charge in [-0.25, -0.2) is 0 Å². The van der Waals surface area contributed by atoms with Gasteiger partial charge in [-0.1, -0.05) is 30.3 Å². The number of benzene rings is 2. The number of nitrogens with zero attached hydrogens (tertiary/aromatic N) is 3. The van der Waals surface area contributed by atoms with Crippen molar-refractivity contribution < 1.29 is 13.0 Å². The number of nitrogens with two attached hydrogens (primary N) is 1. The molecule has 28 heavy (non-hydrogen) atoms. The largest absolute Gasteiger partial charge is 0.396 e. The third-order valence-corrected chi connectivity index (χ3v) is 5.89. The van der Waals surface area contributed by atoms with Crippen LogP contribution in [0.2, 0.25) is 0 Å². The fraction of sp³-hybridized carbons (Fsp3) is 0. The van der Waals surface area contributed by atoms with E-state index in [1.807, 2.05) is 23.6 Å². The van der Waals surface area contributed by atoms with Crippen LogP contribution in [0.15, 0.2) is 81.3 Å². The molecule has 0 aliphatic carbocycles. The fourth-order valence-electron chi connectivity index (χ4n) is 2.77. The van der Waals surface area contributed by atoms with Gasteiger partial charge in [-0.05, 0) is 29.6 Å². The zero-order valence-electron chi connectivity index (χ0n) is 14.4. The van der Waals surface area contributed by atoms with Crippen LogP contribution in [-0.4, -0.2) is 18.0 Å². The average molecular weight is 410 g/mol. The number of hydrogen-bond acceptors (Lipinski definition) is 7. The Balaban J connectivity index is 1.74. The molecule has 3 N–H and O–H groups in total. The van der Waals surface area contributed by atoms with Gasteiger partial charge in [0.1, 0.15) is 16.3 Å². The van der Waals surface area contributed by atoms with Gasteiger partial charge >= 0.3 is 0 Å². The predicted octanol–water partition coefficient (Wildman–Crippen LogP) is 5.21. The van der Waals surface area contributed by atoms with Crippen LogP contribution >= 0.6 is 11.3 Å². The predicted molar refractivity (Wildman–Crippen MR) is 110 cm³/mol. The maximum atomic E-state index is 11.8. The summed E-state index contributed by atoms with van der Waals surface area (Å²) in [5.41, 5.74) is 7.87. The quantitative estimate of drug-likeness (QED) is 0.272. The highest BCUT2D eigenvalue weighted by Crippen LogP contribution is 2.36. The Morgan fingerprint density at radius 1 is 1.00 bits per heavy atom. The molecule has 0 amide bonds. The lowest BCUT2D eigenvalue weighted by molar-refractivity contribution is 0.484. The lowest BCUT2D eigenvalue weighted by atomic mass is 10.1. The zero-order valence-corrected chi connectivity index (χ0v) is 16.0. The van der Waals surface area contributed by atoms with E-state index >= 15 is 0 Å². The Labute approximate surface area is 165 Å². The van der Waals surface area contributed by atoms with E-state index in [2.05, 4.69) is 15.2 Å². The van der Waals surface area contributed by atoms with Crippen LogP contribution in [0.5, 0.6) is 0 Å². The SMILES string of the molecule is Nc1c(N=Nc2ccc(-c3cccs3)nc2)cc(S(=O)(=O)O)c2ccccc12. The van der Waals surface area contributed by atoms with Gasteiger partial charge in [-0.15, -0.1) is 21.6 Å². The van der Waals surface area contributed by atoms with Crippen molar-refractivity contribution >= 4 is 49.3 Å². The highest BCUT2D eigenvalue weighted by molar-refractivity contribution is 7.86. The molecule has 7 nitrogen and oxygen atoms in total. The number of azo groups is 1. The van der Waals surface area contributed by atoms with Crippen LogP contribution in [0.4, 0.5) is 17.1 Å². The zero-order chi connectivity index (χ0) is 19.7. The molecule has 2 heterocycles. The third kappa shape index (κ3) is 3.50. The second-order valence-electron chi connectivity index (χ2n) is 5.91. The molecule has 2 aromatic heterocycles. The van der Waals surface area contributed by atoms with Gasteiger partial charge in [-0.3, -0.25) is 9.54 Å². The Bertz CT molecular complexity index is 1280. The molecule has 4 aromatic rings. The summed E-state index contributed by atoms with van der Waals surface area (Å²) in [6.07, 6.45) is 1.57. The first-order valence-electron chi connectivity index (χ1n) is 8.14. The molecule has 0 spiro atoms. The summed E-state index contributed by atoms with van der Waals surface area (Å²) in [7, 11) is -4.45. The van der Waals surface area contributed by atoms with Crippen molar-refractivity contribution in [3.8, 4) is 10.6 Å². The number of thiophene rings is 1. The molecule has 4 rings (SSSR count). The standard InChI is InChI=1S/C19H14N4O3S2/c20-19-14-5-2-1-4-13(14)18(28(24,25)26)10-16(19)23-22-12-7-8-15(21-11-12)17-6-3-9-27-17/h1-11H,20H2,(H,24,25,26). The van der Waals surface area contributed by atoms with Gasteiger partial charge in [0.05, 0.1) is 22.5 Å². The molecule has 0 radical (unpaired) electrons. The molecule has 0 aliphatic rings. The van der Waals surface area contributed by atoms with E-state index in [1.54, 1.807) is 47.9 Å². The van der Waals surface area contributed by atoms with E-state index < -0.39 is 10.1 Å². The van der Waals surface area contributed by atoms with Crippen molar-refractivity contribution in [2.45, 2.75) is 4.90 Å². The van der Waals surface area contributed by atoms with Gasteiger partial charge in [0.15, 0.2) is 0 Å². The van der Waals surface area contributed by atoms with Crippen LogP contribution in [-0.2, 0) is 10.1 Å². The summed E-state index contributed by atoms with van der Waals surface area (Å²) in [6.45, 7) is 0. The minimum Gasteiger partial charge on any atom is -0.396 e. The average Bonchev–Trinajstić information content (AvgIpc) is 3.22. The number of anilines is 1. The van der Waals surface area contributed by atoms with Gasteiger partial charge in [0.2, 0.25) is 0 Å². The smallest absolute Gasteiger partial charge is 0.295 e. The lowest BCUT2D eigenvalue weighted by Gasteiger charge is -2.09. The van der Waals surface area contributed by atoms with E-state index in [4.69, 9.17) is 5.73 Å². The maximum absolute atomic E-state index is 11.8. The maximum Gasteiger partial charge on any atom is 0.295 e. The number of fused-ring (bicyclic) bond motifs is 1. The summed E-state index contributed by atoms with van der Waals surface area (Å²) in [5.74, 6) is 0. The van der Waals surface area contributed by atoms with Crippen LogP contribution in [0.1, 0.15) is 0 Å². The summed E-state index contributed by atoms with van der Waals surface area (Å²) in [6, 6.07) is 15.3. The van der Waals surface area contributed by atoms with Gasteiger partial charge in [-0.2, -0.15) is 8.42 Å². The Morgan fingerprint density at radius 3 is 2.43 bits per heavy atom. The molecule has 0 atom stereocenters. The lowest BCUT2D eigenvalue weighted by Crippen LogP contribution is -2.01. The minimum atomic E-state index is -4.45. The van der Waals surface area contributed by atoms with E-state index in [9.17, 15) is 13.0 Å². The number of pyridine rings is 1. The van der Waals surface area contributed by atoms with Crippen molar-refractivity contribution in [3.05, 3.63) is 66.2 Å². The second kappa shape index (κ2) is 7.12. The van der Waals surface area contributed by atoms with Crippen LogP contribution in [0.25, 0.3) is 21.3 Å². The Morgan fingerprint density at radius 2 is 1.79 bits per heavy atom. The molecule has 0 unspecified atom stereocenters. The van der Waals surface area contributed by atoms with E-state index in [-0.39, 0.29) is 16.3 Å². The second-order valence-corrected chi connectivity index (χ2v) is 8.24. The van der Waals surface area contributed by atoms with Crippen molar-refractivity contribution in [2.24, 2.45) is 10.2 Å². The van der Waals surface area contributed by atoms with E-state index in [1.165, 1.54) is 6.07 Å². The summed E-state index contributed by atoms with van der Waals surface area (Å²) >= 11 is 1.59. The summed E-state index contributed by atoms with van der Waals surface area (Å²) in [4.78, 5) is 5.13. The first-order chi connectivity index (χ1) is 13.4. The molecule has 2 aromatic carbocycles. The van der Waals surface area contributed by atoms with Crippen molar-refractivity contribution in [1.82, 2.24) is 4.98 Å². The van der Waals surface area contributed by atoms with Crippen LogP contribution < -0.4 is 5.73 Å². The number of hydrogen-bond donors (Lipinski definition) is 2. The van der Waals surface area contributed by atoms with E-state index in [0.29, 0.717) is 16.5 Å². The molecule has 0 saturated heterocycles. The molecular weight excluding hydrogens is 396 g/mol. The minimum absolute atomic E-state index is 0.147. The molecule has 0 aliphatic heterocycles. The highest BCUT2D eigenvalue weighted by atomic mass is 32.2. The molecule has 0 saturated carbocycles. The number of aromatic nitrogens is 1. The monoisotopic (exact) mass is 410 g/mol. The molecule has 9 heteroatoms. The number of nitrogen functional groups attached to an aromatic ring is 1. The molecular formula is C19H14N4O3S2. The van der Waals surface area contributed by atoms with Gasteiger partial charge in [0, 0.05) is 10.8 Å². The van der Waals surface area contributed by atoms with E-state index in [0.717, 1.165) is 10.6 Å². The van der Waals surface area contributed by atoms with Crippen molar-refractivity contribution in [3.63, 3.8) is 0 Å². The first kappa shape index (κ1) is 18.2. The van der Waals surface area contributed by atoms with Crippen molar-refractivity contribution in [1.29, 1.82) is 0 Å². The Hall–Kier alpha value is -3.14. The molecule has 0 bridgehead atoms. The topological polar surface area (TPSA) is 118 Å². The van der Waals surface area contributed by atoms with Crippen molar-refractivity contribution in [2.75, 3.05) is 5.73 Å².